The van der Waals surface area contributed by atoms with Crippen LogP contribution in [0.15, 0.2) is 0 Å². The number of nitrogens with one attached hydrogen (secondary N) is 1. The number of carbonyl (C=O) groups excluding carboxylic acids is 1. The van der Waals surface area contributed by atoms with Crippen LogP contribution in [-0.4, -0.2) is 43.8 Å². The molecule has 0 aromatic rings. The van der Waals surface area contributed by atoms with Gasteiger partial charge in [0.15, 0.2) is 0 Å². The van der Waals surface area contributed by atoms with Crippen molar-refractivity contribution in [2.24, 2.45) is 0 Å². The molecule has 0 aromatic heterocycles. The molecule has 1 N–H and O–H groups in total. The molecule has 0 saturated carbocycles. The van der Waals surface area contributed by atoms with E-state index in [0.29, 0.717) is 6.54 Å². The monoisotopic (exact) mass is 186 g/mol. The van der Waals surface area contributed by atoms with E-state index in [2.05, 4.69) is 5.32 Å². The summed E-state index contributed by atoms with van der Waals surface area (Å²) in [5, 5.41) is 2.63. The van der Waals surface area contributed by atoms with E-state index < -0.39 is 0 Å². The molecular weight excluding hydrogens is 168 g/mol. The molecule has 76 valence electrons. The first-order valence-corrected chi connectivity index (χ1v) is 4.63. The highest BCUT2D eigenvalue weighted by atomic mass is 16.5. The van der Waals surface area contributed by atoms with Crippen molar-refractivity contribution in [3.8, 4) is 0 Å². The highest BCUT2D eigenvalue weighted by Crippen LogP contribution is 2.23. The van der Waals surface area contributed by atoms with Crippen molar-refractivity contribution in [1.82, 2.24) is 10.2 Å². The first-order valence-electron chi connectivity index (χ1n) is 4.63. The minimum absolute atomic E-state index is 0.0111. The van der Waals surface area contributed by atoms with Crippen LogP contribution in [-0.2, 0) is 4.74 Å². The van der Waals surface area contributed by atoms with Crippen LogP contribution < -0.4 is 5.32 Å². The van der Waals surface area contributed by atoms with E-state index in [0.717, 1.165) is 19.4 Å². The van der Waals surface area contributed by atoms with Gasteiger partial charge in [0.25, 0.3) is 0 Å². The van der Waals surface area contributed by atoms with Gasteiger partial charge in [0.05, 0.1) is 12.1 Å². The van der Waals surface area contributed by atoms with Gasteiger partial charge in [-0.05, 0) is 19.8 Å². The second kappa shape index (κ2) is 3.96. The number of nitrogens with zero attached hydrogens (tertiary/aromatic N) is 1. The van der Waals surface area contributed by atoms with Crippen LogP contribution in [0.4, 0.5) is 4.79 Å². The van der Waals surface area contributed by atoms with Crippen LogP contribution in [0, 0.1) is 0 Å². The third-order valence-corrected chi connectivity index (χ3v) is 2.65. The summed E-state index contributed by atoms with van der Waals surface area (Å²) >= 11 is 0. The number of amides is 2. The minimum atomic E-state index is -0.162. The lowest BCUT2D eigenvalue weighted by atomic mass is 9.95. The first-order chi connectivity index (χ1) is 6.11. The molecule has 0 bridgehead atoms. The Balaban J connectivity index is 2.56. The summed E-state index contributed by atoms with van der Waals surface area (Å²) in [6.07, 6.45) is 2.04. The SMILES string of the molecule is CNC(=O)N1CCCC(C)(OC)C1. The average Bonchev–Trinajstić information content (AvgIpc) is 2.17. The van der Waals surface area contributed by atoms with Crippen LogP contribution in [0.1, 0.15) is 19.8 Å². The standard InChI is InChI=1S/C9H18N2O2/c1-9(13-3)5-4-6-11(7-9)8(12)10-2/h4-7H2,1-3H3,(H,10,12). The lowest BCUT2D eigenvalue weighted by Crippen LogP contribution is -2.51. The molecule has 1 rings (SSSR count). The fourth-order valence-electron chi connectivity index (χ4n) is 1.70. The molecule has 1 atom stereocenters. The summed E-state index contributed by atoms with van der Waals surface area (Å²) in [6, 6.07) is -0.0111. The number of methoxy groups -OCH3 is 1. The predicted molar refractivity (Wildman–Crippen MR) is 50.7 cm³/mol. The van der Waals surface area contributed by atoms with Crippen molar-refractivity contribution >= 4 is 6.03 Å². The Kier molecular flexibility index (Phi) is 3.14. The quantitative estimate of drug-likeness (QED) is 0.659. The van der Waals surface area contributed by atoms with Gasteiger partial charge in [-0.25, -0.2) is 4.79 Å². The number of likely N-dealkylation sites (tertiary alicyclic amines) is 1. The van der Waals surface area contributed by atoms with Crippen LogP contribution in [0.3, 0.4) is 0 Å². The average molecular weight is 186 g/mol. The largest absolute Gasteiger partial charge is 0.377 e. The summed E-state index contributed by atoms with van der Waals surface area (Å²) in [7, 11) is 3.36. The van der Waals surface area contributed by atoms with Crippen LogP contribution >= 0.6 is 0 Å². The molecule has 1 unspecified atom stereocenters. The Bertz CT molecular complexity index is 196. The Morgan fingerprint density at radius 1 is 1.62 bits per heavy atom. The van der Waals surface area contributed by atoms with Crippen molar-refractivity contribution < 1.29 is 9.53 Å². The van der Waals surface area contributed by atoms with E-state index in [4.69, 9.17) is 4.74 Å². The maximum atomic E-state index is 11.3. The Morgan fingerprint density at radius 2 is 2.31 bits per heavy atom. The zero-order valence-corrected chi connectivity index (χ0v) is 8.59. The van der Waals surface area contributed by atoms with Gasteiger partial charge in [-0.3, -0.25) is 0 Å². The molecule has 0 aliphatic carbocycles. The highest BCUT2D eigenvalue weighted by Gasteiger charge is 2.32. The van der Waals surface area contributed by atoms with Crippen molar-refractivity contribution in [3.63, 3.8) is 0 Å². The molecule has 1 aliphatic heterocycles. The number of ether oxygens (including phenoxy) is 1. The zero-order chi connectivity index (χ0) is 9.90. The van der Waals surface area contributed by atoms with Gasteiger partial charge in [0.2, 0.25) is 0 Å². The first kappa shape index (κ1) is 10.3. The summed E-state index contributed by atoms with van der Waals surface area (Å²) in [4.78, 5) is 13.1. The predicted octanol–water partition coefficient (Wildman–Crippen LogP) is 0.827. The van der Waals surface area contributed by atoms with Crippen LogP contribution in [0.5, 0.6) is 0 Å². The molecule has 1 aliphatic rings. The number of urea groups is 1. The summed E-state index contributed by atoms with van der Waals surface area (Å²) in [5.41, 5.74) is -0.162. The summed E-state index contributed by atoms with van der Waals surface area (Å²) in [5.74, 6) is 0. The van der Waals surface area contributed by atoms with Gasteiger partial charge in [-0.1, -0.05) is 0 Å². The molecule has 4 heteroatoms. The minimum Gasteiger partial charge on any atom is -0.377 e. The van der Waals surface area contributed by atoms with Gasteiger partial charge < -0.3 is 15.0 Å². The lowest BCUT2D eigenvalue weighted by Gasteiger charge is -2.39. The fraction of sp³-hybridized carbons (Fsp3) is 0.889. The molecule has 13 heavy (non-hydrogen) atoms. The van der Waals surface area contributed by atoms with E-state index in [1.165, 1.54) is 0 Å². The van der Waals surface area contributed by atoms with Crippen LogP contribution in [0.2, 0.25) is 0 Å². The molecule has 1 fully saturated rings. The fourth-order valence-corrected chi connectivity index (χ4v) is 1.70. The lowest BCUT2D eigenvalue weighted by molar-refractivity contribution is -0.0399. The Morgan fingerprint density at radius 3 is 2.85 bits per heavy atom. The molecular formula is C9H18N2O2. The van der Waals surface area contributed by atoms with E-state index >= 15 is 0 Å². The summed E-state index contributed by atoms with van der Waals surface area (Å²) < 4.78 is 5.38. The van der Waals surface area contributed by atoms with Gasteiger partial charge in [-0.15, -0.1) is 0 Å². The Labute approximate surface area is 79.2 Å². The maximum Gasteiger partial charge on any atom is 0.317 e. The van der Waals surface area contributed by atoms with Crippen LogP contribution in [0.25, 0.3) is 0 Å². The Hall–Kier alpha value is -0.770. The summed E-state index contributed by atoms with van der Waals surface area (Å²) in [6.45, 7) is 3.56. The number of rotatable bonds is 1. The van der Waals surface area contributed by atoms with Gasteiger partial charge in [0.1, 0.15) is 0 Å². The van der Waals surface area contributed by atoms with E-state index in [1.807, 2.05) is 6.92 Å². The van der Waals surface area contributed by atoms with E-state index in [1.54, 1.807) is 19.1 Å². The van der Waals surface area contributed by atoms with Gasteiger partial charge in [0, 0.05) is 20.7 Å². The smallest absolute Gasteiger partial charge is 0.317 e. The van der Waals surface area contributed by atoms with Crippen molar-refractivity contribution in [2.45, 2.75) is 25.4 Å². The number of hydrogen-bond acceptors (Lipinski definition) is 2. The third kappa shape index (κ3) is 2.34. The number of hydrogen-bond donors (Lipinski definition) is 1. The van der Waals surface area contributed by atoms with Crippen molar-refractivity contribution in [1.29, 1.82) is 0 Å². The molecule has 0 radical (unpaired) electrons. The van der Waals surface area contributed by atoms with E-state index in [-0.39, 0.29) is 11.6 Å². The van der Waals surface area contributed by atoms with Gasteiger partial charge in [-0.2, -0.15) is 0 Å². The third-order valence-electron chi connectivity index (χ3n) is 2.65. The van der Waals surface area contributed by atoms with E-state index in [9.17, 15) is 4.79 Å². The topological polar surface area (TPSA) is 41.6 Å². The number of piperidine rings is 1. The maximum absolute atomic E-state index is 11.3. The second-order valence-electron chi connectivity index (χ2n) is 3.73. The zero-order valence-electron chi connectivity index (χ0n) is 8.59. The molecule has 1 heterocycles. The molecule has 0 spiro atoms. The molecule has 2 amide bonds. The second-order valence-corrected chi connectivity index (χ2v) is 3.73. The molecule has 0 aromatic carbocycles. The molecule has 1 saturated heterocycles. The number of carbonyl (C=O) groups is 1. The van der Waals surface area contributed by atoms with Crippen molar-refractivity contribution in [3.05, 3.63) is 0 Å². The highest BCUT2D eigenvalue weighted by molar-refractivity contribution is 5.74. The molecule has 4 nitrogen and oxygen atoms in total. The van der Waals surface area contributed by atoms with Gasteiger partial charge >= 0.3 is 6.03 Å². The normalized spacial score (nSPS) is 28.7. The van der Waals surface area contributed by atoms with Crippen molar-refractivity contribution in [2.75, 3.05) is 27.2 Å².